The molecule has 0 radical (unpaired) electrons. The van der Waals surface area contributed by atoms with Crippen LogP contribution in [0.25, 0.3) is 0 Å². The highest BCUT2D eigenvalue weighted by Gasteiger charge is 2.25. The van der Waals surface area contributed by atoms with E-state index in [9.17, 15) is 4.79 Å². The van der Waals surface area contributed by atoms with E-state index in [1.165, 1.54) is 0 Å². The summed E-state index contributed by atoms with van der Waals surface area (Å²) in [6.07, 6.45) is 4.17. The number of hydrogen-bond acceptors (Lipinski definition) is 5. The van der Waals surface area contributed by atoms with Crippen molar-refractivity contribution in [3.05, 3.63) is 18.1 Å². The Morgan fingerprint density at radius 2 is 2.20 bits per heavy atom. The summed E-state index contributed by atoms with van der Waals surface area (Å²) in [5.74, 6) is 0.677. The second kappa shape index (κ2) is 6.65. The zero-order valence-electron chi connectivity index (χ0n) is 12.5. The first kappa shape index (κ1) is 14.7. The van der Waals surface area contributed by atoms with Crippen LogP contribution in [0.2, 0.25) is 0 Å². The molecule has 0 aliphatic carbocycles. The quantitative estimate of drug-likeness (QED) is 0.895. The highest BCUT2D eigenvalue weighted by atomic mass is 16.2. The Kier molecular flexibility index (Phi) is 4.89. The molecule has 1 aromatic heterocycles. The van der Waals surface area contributed by atoms with Gasteiger partial charge in [0, 0.05) is 25.7 Å². The van der Waals surface area contributed by atoms with Crippen LogP contribution in [0.5, 0.6) is 0 Å². The molecule has 2 heterocycles. The maximum Gasteiger partial charge on any atom is 0.274 e. The molecule has 0 saturated carbocycles. The van der Waals surface area contributed by atoms with Crippen molar-refractivity contribution in [2.45, 2.75) is 26.3 Å². The molecule has 1 aliphatic heterocycles. The molecule has 1 N–H and O–H groups in total. The normalized spacial score (nSPS) is 20.6. The molecule has 0 spiro atoms. The molecule has 6 nitrogen and oxygen atoms in total. The first-order chi connectivity index (χ1) is 9.61. The van der Waals surface area contributed by atoms with E-state index >= 15 is 0 Å². The highest BCUT2D eigenvalue weighted by molar-refractivity contribution is 5.92. The Morgan fingerprint density at radius 1 is 1.40 bits per heavy atom. The fraction of sp³-hybridized carbons (Fsp3) is 0.643. The smallest absolute Gasteiger partial charge is 0.274 e. The standard InChI is InChI=1S/C14H23N5O/c1-4-15-13-9-16-12(8-17-13)14(20)19-7-5-6-18(3)10-11(19)2/h8-9,11H,4-7,10H2,1-3H3,(H,15,17). The first-order valence-electron chi connectivity index (χ1n) is 7.17. The lowest BCUT2D eigenvalue weighted by Crippen LogP contribution is -2.42. The minimum absolute atomic E-state index is 0.0247. The molecule has 1 saturated heterocycles. The van der Waals surface area contributed by atoms with E-state index in [0.29, 0.717) is 11.5 Å². The van der Waals surface area contributed by atoms with Gasteiger partial charge in [-0.25, -0.2) is 9.97 Å². The number of nitrogens with zero attached hydrogens (tertiary/aromatic N) is 4. The molecule has 1 aromatic rings. The molecule has 6 heteroatoms. The fourth-order valence-corrected chi connectivity index (χ4v) is 2.53. The van der Waals surface area contributed by atoms with Gasteiger partial charge in [-0.15, -0.1) is 0 Å². The third kappa shape index (κ3) is 3.45. The van der Waals surface area contributed by atoms with Crippen molar-refractivity contribution < 1.29 is 4.79 Å². The summed E-state index contributed by atoms with van der Waals surface area (Å²) in [7, 11) is 2.09. The molecular formula is C14H23N5O. The third-order valence-electron chi connectivity index (χ3n) is 3.54. The van der Waals surface area contributed by atoms with E-state index < -0.39 is 0 Å². The average Bonchev–Trinajstić information content (AvgIpc) is 2.60. The number of carbonyl (C=O) groups is 1. The summed E-state index contributed by atoms with van der Waals surface area (Å²) in [5.41, 5.74) is 0.419. The summed E-state index contributed by atoms with van der Waals surface area (Å²) in [6, 6.07) is 0.199. The van der Waals surface area contributed by atoms with Crippen molar-refractivity contribution >= 4 is 11.7 Å². The molecule has 1 unspecified atom stereocenters. The van der Waals surface area contributed by atoms with E-state index in [1.807, 2.05) is 11.8 Å². The van der Waals surface area contributed by atoms with Crippen LogP contribution in [0, 0.1) is 0 Å². The first-order valence-corrected chi connectivity index (χ1v) is 7.17. The molecule has 1 fully saturated rings. The van der Waals surface area contributed by atoms with E-state index in [0.717, 1.165) is 32.6 Å². The van der Waals surface area contributed by atoms with Gasteiger partial charge in [-0.05, 0) is 33.9 Å². The summed E-state index contributed by atoms with van der Waals surface area (Å²) >= 11 is 0. The van der Waals surface area contributed by atoms with Crippen molar-refractivity contribution in [2.24, 2.45) is 0 Å². The lowest BCUT2D eigenvalue weighted by molar-refractivity contribution is 0.0690. The van der Waals surface area contributed by atoms with Gasteiger partial charge in [0.1, 0.15) is 11.5 Å². The Bertz CT molecular complexity index is 447. The Balaban J connectivity index is 2.09. The molecule has 2 rings (SSSR count). The number of anilines is 1. The van der Waals surface area contributed by atoms with Gasteiger partial charge in [-0.2, -0.15) is 0 Å². The van der Waals surface area contributed by atoms with Crippen LogP contribution in [0.3, 0.4) is 0 Å². The molecular weight excluding hydrogens is 254 g/mol. The van der Waals surface area contributed by atoms with E-state index in [1.54, 1.807) is 12.4 Å². The number of rotatable bonds is 3. The van der Waals surface area contributed by atoms with Crippen LogP contribution in [-0.2, 0) is 0 Å². The van der Waals surface area contributed by atoms with E-state index in [4.69, 9.17) is 0 Å². The lowest BCUT2D eigenvalue weighted by atomic mass is 10.2. The van der Waals surface area contributed by atoms with E-state index in [-0.39, 0.29) is 11.9 Å². The van der Waals surface area contributed by atoms with Gasteiger partial charge in [-0.3, -0.25) is 4.79 Å². The van der Waals surface area contributed by atoms with Gasteiger partial charge in [-0.1, -0.05) is 0 Å². The van der Waals surface area contributed by atoms with Crippen LogP contribution in [0.4, 0.5) is 5.82 Å². The molecule has 1 amide bonds. The molecule has 110 valence electrons. The number of hydrogen-bond donors (Lipinski definition) is 1. The monoisotopic (exact) mass is 277 g/mol. The topological polar surface area (TPSA) is 61.4 Å². The van der Waals surface area contributed by atoms with Gasteiger partial charge in [0.05, 0.1) is 12.4 Å². The number of aromatic nitrogens is 2. The van der Waals surface area contributed by atoms with Crippen LogP contribution in [0.1, 0.15) is 30.8 Å². The predicted octanol–water partition coefficient (Wildman–Crippen LogP) is 1.07. The lowest BCUT2D eigenvalue weighted by Gasteiger charge is -2.27. The zero-order valence-corrected chi connectivity index (χ0v) is 12.5. The van der Waals surface area contributed by atoms with E-state index in [2.05, 4.69) is 34.2 Å². The number of likely N-dealkylation sites (N-methyl/N-ethyl adjacent to an activating group) is 1. The van der Waals surface area contributed by atoms with Crippen molar-refractivity contribution in [1.82, 2.24) is 19.8 Å². The van der Waals surface area contributed by atoms with Crippen molar-refractivity contribution in [3.63, 3.8) is 0 Å². The van der Waals surface area contributed by atoms with Crippen LogP contribution in [0.15, 0.2) is 12.4 Å². The second-order valence-corrected chi connectivity index (χ2v) is 5.28. The second-order valence-electron chi connectivity index (χ2n) is 5.28. The number of amides is 1. The van der Waals surface area contributed by atoms with Gasteiger partial charge < -0.3 is 15.1 Å². The summed E-state index contributed by atoms with van der Waals surface area (Å²) in [6.45, 7) is 7.57. The zero-order chi connectivity index (χ0) is 14.5. The third-order valence-corrected chi connectivity index (χ3v) is 3.54. The average molecular weight is 277 g/mol. The fourth-order valence-electron chi connectivity index (χ4n) is 2.53. The summed E-state index contributed by atoms with van der Waals surface area (Å²) < 4.78 is 0. The van der Waals surface area contributed by atoms with Crippen LogP contribution >= 0.6 is 0 Å². The predicted molar refractivity (Wildman–Crippen MR) is 78.8 cm³/mol. The number of carbonyl (C=O) groups excluding carboxylic acids is 1. The molecule has 1 atom stereocenters. The van der Waals surface area contributed by atoms with Gasteiger partial charge in [0.25, 0.3) is 5.91 Å². The van der Waals surface area contributed by atoms with Gasteiger partial charge in [0.2, 0.25) is 0 Å². The van der Waals surface area contributed by atoms with Gasteiger partial charge in [0.15, 0.2) is 0 Å². The maximum absolute atomic E-state index is 12.5. The summed E-state index contributed by atoms with van der Waals surface area (Å²) in [4.78, 5) is 25.1. The van der Waals surface area contributed by atoms with Crippen LogP contribution < -0.4 is 5.32 Å². The minimum atomic E-state index is -0.0247. The van der Waals surface area contributed by atoms with Gasteiger partial charge >= 0.3 is 0 Å². The number of nitrogens with one attached hydrogen (secondary N) is 1. The molecule has 0 bridgehead atoms. The summed E-state index contributed by atoms with van der Waals surface area (Å²) in [5, 5.41) is 3.07. The Labute approximate surface area is 120 Å². The highest BCUT2D eigenvalue weighted by Crippen LogP contribution is 2.12. The minimum Gasteiger partial charge on any atom is -0.369 e. The molecule has 20 heavy (non-hydrogen) atoms. The molecule has 1 aliphatic rings. The van der Waals surface area contributed by atoms with Crippen LogP contribution in [-0.4, -0.2) is 64.9 Å². The van der Waals surface area contributed by atoms with Crippen molar-refractivity contribution in [1.29, 1.82) is 0 Å². The molecule has 0 aromatic carbocycles. The van der Waals surface area contributed by atoms with Crippen molar-refractivity contribution in [3.8, 4) is 0 Å². The Morgan fingerprint density at radius 3 is 2.85 bits per heavy atom. The SMILES string of the molecule is CCNc1cnc(C(=O)N2CCCN(C)CC2C)cn1. The van der Waals surface area contributed by atoms with Crippen molar-refractivity contribution in [2.75, 3.05) is 38.5 Å². The largest absolute Gasteiger partial charge is 0.369 e. The maximum atomic E-state index is 12.5. The Hall–Kier alpha value is -1.69.